The molecular formula is C29H33NO2. The number of aromatic nitrogens is 1. The van der Waals surface area contributed by atoms with E-state index in [-0.39, 0.29) is 17.4 Å². The molecule has 166 valence electrons. The quantitative estimate of drug-likeness (QED) is 0.299. The molecule has 1 unspecified atom stereocenters. The Morgan fingerprint density at radius 2 is 1.78 bits per heavy atom. The minimum atomic E-state index is 0.0573. The lowest BCUT2D eigenvalue weighted by Gasteiger charge is -2.24. The van der Waals surface area contributed by atoms with E-state index < -0.39 is 0 Å². The van der Waals surface area contributed by atoms with Crippen molar-refractivity contribution in [3.05, 3.63) is 77.6 Å². The lowest BCUT2D eigenvalue weighted by molar-refractivity contribution is 0.428. The van der Waals surface area contributed by atoms with Gasteiger partial charge in [0.05, 0.1) is 0 Å². The number of benzene rings is 2. The van der Waals surface area contributed by atoms with Crippen LogP contribution in [0.1, 0.15) is 69.4 Å². The van der Waals surface area contributed by atoms with E-state index >= 15 is 0 Å². The molecule has 0 fully saturated rings. The van der Waals surface area contributed by atoms with Crippen molar-refractivity contribution in [3.63, 3.8) is 0 Å². The van der Waals surface area contributed by atoms with Crippen molar-refractivity contribution in [1.29, 1.82) is 0 Å². The van der Waals surface area contributed by atoms with E-state index in [4.69, 9.17) is 0 Å². The topological polar surface area (TPSA) is 53.4 Å². The Labute approximate surface area is 191 Å². The third-order valence-electron chi connectivity index (χ3n) is 6.56. The molecule has 0 radical (unpaired) electrons. The van der Waals surface area contributed by atoms with E-state index in [0.717, 1.165) is 72.8 Å². The molecule has 0 spiro atoms. The Balaban J connectivity index is 1.79. The van der Waals surface area contributed by atoms with Crippen molar-refractivity contribution in [3.8, 4) is 33.8 Å². The van der Waals surface area contributed by atoms with Gasteiger partial charge < -0.3 is 10.2 Å². The van der Waals surface area contributed by atoms with Crippen LogP contribution in [0.15, 0.2) is 66.5 Å². The third-order valence-corrected chi connectivity index (χ3v) is 6.56. The molecule has 1 heterocycles. The number of nitrogens with zero attached hydrogens (tertiary/aromatic N) is 1. The molecule has 0 saturated carbocycles. The summed E-state index contributed by atoms with van der Waals surface area (Å²) in [6, 6.07) is 14.2. The summed E-state index contributed by atoms with van der Waals surface area (Å²) >= 11 is 0. The molecule has 0 amide bonds. The molecule has 3 heteroatoms. The average molecular weight is 428 g/mol. The number of phenolic OH excluding ortho intramolecular Hbond substituents is 2. The number of unbranched alkanes of at least 4 members (excludes halogenated alkanes) is 2. The van der Waals surface area contributed by atoms with E-state index in [2.05, 4.69) is 49.2 Å². The zero-order valence-electron chi connectivity index (χ0n) is 19.1. The van der Waals surface area contributed by atoms with Gasteiger partial charge in [0.2, 0.25) is 0 Å². The number of aromatic hydroxyl groups is 2. The summed E-state index contributed by atoms with van der Waals surface area (Å²) in [5.41, 5.74) is 7.04. The maximum atomic E-state index is 11.5. The zero-order chi connectivity index (χ0) is 22.5. The number of phenols is 2. The molecule has 4 rings (SSSR count). The van der Waals surface area contributed by atoms with Gasteiger partial charge in [0.25, 0.3) is 0 Å². The van der Waals surface area contributed by atoms with Crippen LogP contribution in [0.5, 0.6) is 11.5 Å². The predicted molar refractivity (Wildman–Crippen MR) is 132 cm³/mol. The van der Waals surface area contributed by atoms with Crippen molar-refractivity contribution in [2.45, 2.75) is 64.7 Å². The number of rotatable bonds is 7. The molecule has 32 heavy (non-hydrogen) atoms. The van der Waals surface area contributed by atoms with Crippen LogP contribution in [0, 0.1) is 0 Å². The van der Waals surface area contributed by atoms with Crippen molar-refractivity contribution in [1.82, 2.24) is 4.98 Å². The second-order valence-electron chi connectivity index (χ2n) is 8.98. The van der Waals surface area contributed by atoms with Gasteiger partial charge in [0.15, 0.2) is 0 Å². The maximum absolute atomic E-state index is 11.5. The Bertz CT molecular complexity index is 1080. The Kier molecular flexibility index (Phi) is 6.94. The minimum Gasteiger partial charge on any atom is -0.507 e. The van der Waals surface area contributed by atoms with Gasteiger partial charge in [-0.05, 0) is 73.4 Å². The van der Waals surface area contributed by atoms with Crippen LogP contribution in [-0.2, 0) is 6.42 Å². The van der Waals surface area contributed by atoms with E-state index in [1.807, 2.05) is 24.4 Å². The van der Waals surface area contributed by atoms with Crippen molar-refractivity contribution in [2.75, 3.05) is 0 Å². The van der Waals surface area contributed by atoms with Crippen LogP contribution < -0.4 is 0 Å². The highest BCUT2D eigenvalue weighted by Crippen LogP contribution is 2.47. The molecule has 3 aromatic rings. The van der Waals surface area contributed by atoms with Gasteiger partial charge in [-0.2, -0.15) is 0 Å². The van der Waals surface area contributed by atoms with Crippen LogP contribution in [-0.4, -0.2) is 15.2 Å². The van der Waals surface area contributed by atoms with Crippen LogP contribution in [0.4, 0.5) is 0 Å². The summed E-state index contributed by atoms with van der Waals surface area (Å²) in [7, 11) is 0. The lowest BCUT2D eigenvalue weighted by Crippen LogP contribution is -2.05. The highest BCUT2D eigenvalue weighted by molar-refractivity contribution is 5.79. The fraction of sp³-hybridized carbons (Fsp3) is 0.345. The Hall–Kier alpha value is -3.07. The molecule has 1 aliphatic rings. The van der Waals surface area contributed by atoms with Gasteiger partial charge in [-0.15, -0.1) is 0 Å². The molecule has 1 aromatic heterocycles. The van der Waals surface area contributed by atoms with E-state index in [1.54, 1.807) is 6.20 Å². The van der Waals surface area contributed by atoms with E-state index in [9.17, 15) is 10.2 Å². The second-order valence-corrected chi connectivity index (χ2v) is 8.98. The van der Waals surface area contributed by atoms with Crippen molar-refractivity contribution in [2.24, 2.45) is 0 Å². The fourth-order valence-electron chi connectivity index (χ4n) is 4.87. The summed E-state index contributed by atoms with van der Waals surface area (Å²) < 4.78 is 0. The first-order valence-electron chi connectivity index (χ1n) is 11.8. The number of allylic oxidation sites excluding steroid dienone is 2. The Morgan fingerprint density at radius 3 is 2.47 bits per heavy atom. The standard InChI is InChI=1S/C29H33NO2/c1-3-4-5-9-24-18-26(31)28(23-10-6-8-20(2)17-23)29(32)27(24)22-14-12-21(13-15-22)25-11-7-16-30-19-25/h7,11-19,23,31-32H,3-6,8-10H2,1-2H3. The number of pyridine rings is 1. The summed E-state index contributed by atoms with van der Waals surface area (Å²) in [6.07, 6.45) is 13.1. The predicted octanol–water partition coefficient (Wildman–Crippen LogP) is 7.77. The van der Waals surface area contributed by atoms with Gasteiger partial charge in [-0.3, -0.25) is 4.98 Å². The summed E-state index contributed by atoms with van der Waals surface area (Å²) in [5, 5.41) is 22.4. The first kappa shape index (κ1) is 22.1. The second kappa shape index (κ2) is 10.0. The highest BCUT2D eigenvalue weighted by Gasteiger charge is 2.25. The van der Waals surface area contributed by atoms with Gasteiger partial charge >= 0.3 is 0 Å². The van der Waals surface area contributed by atoms with E-state index in [0.29, 0.717) is 5.56 Å². The minimum absolute atomic E-state index is 0.0573. The summed E-state index contributed by atoms with van der Waals surface area (Å²) in [6.45, 7) is 4.32. The van der Waals surface area contributed by atoms with Crippen molar-refractivity contribution >= 4 is 0 Å². The smallest absolute Gasteiger partial charge is 0.131 e. The maximum Gasteiger partial charge on any atom is 0.131 e. The normalized spacial score (nSPS) is 16.1. The highest BCUT2D eigenvalue weighted by atomic mass is 16.3. The van der Waals surface area contributed by atoms with Gasteiger partial charge in [-0.25, -0.2) is 0 Å². The van der Waals surface area contributed by atoms with Crippen LogP contribution >= 0.6 is 0 Å². The zero-order valence-corrected chi connectivity index (χ0v) is 19.1. The largest absolute Gasteiger partial charge is 0.507 e. The Morgan fingerprint density at radius 1 is 1.00 bits per heavy atom. The van der Waals surface area contributed by atoms with Crippen molar-refractivity contribution < 1.29 is 10.2 Å². The lowest BCUT2D eigenvalue weighted by atomic mass is 9.82. The molecule has 0 aliphatic heterocycles. The molecule has 0 bridgehead atoms. The first-order chi connectivity index (χ1) is 15.6. The molecule has 2 aromatic carbocycles. The van der Waals surface area contributed by atoms with Gasteiger partial charge in [0, 0.05) is 29.4 Å². The molecule has 1 aliphatic carbocycles. The number of aryl methyl sites for hydroxylation is 1. The van der Waals surface area contributed by atoms with Crippen LogP contribution in [0.25, 0.3) is 22.3 Å². The summed E-state index contributed by atoms with van der Waals surface area (Å²) in [4.78, 5) is 4.22. The number of hydrogen-bond acceptors (Lipinski definition) is 3. The van der Waals surface area contributed by atoms with Crippen LogP contribution in [0.2, 0.25) is 0 Å². The average Bonchev–Trinajstić information content (AvgIpc) is 2.80. The molecule has 2 N–H and O–H groups in total. The molecule has 3 nitrogen and oxygen atoms in total. The first-order valence-corrected chi connectivity index (χ1v) is 11.8. The van der Waals surface area contributed by atoms with Crippen LogP contribution in [0.3, 0.4) is 0 Å². The molecular weight excluding hydrogens is 394 g/mol. The monoisotopic (exact) mass is 427 g/mol. The number of hydrogen-bond donors (Lipinski definition) is 2. The van der Waals surface area contributed by atoms with E-state index in [1.165, 1.54) is 5.57 Å². The fourth-order valence-corrected chi connectivity index (χ4v) is 4.87. The molecule has 1 atom stereocenters. The van der Waals surface area contributed by atoms with Gasteiger partial charge in [0.1, 0.15) is 11.5 Å². The third kappa shape index (κ3) is 4.72. The SMILES string of the molecule is CCCCCc1cc(O)c(C2C=C(C)CCC2)c(O)c1-c1ccc(-c2cccnc2)cc1. The molecule has 0 saturated heterocycles. The van der Waals surface area contributed by atoms with Gasteiger partial charge in [-0.1, -0.05) is 61.7 Å². The summed E-state index contributed by atoms with van der Waals surface area (Å²) in [5.74, 6) is 0.518.